The molecule has 26 heavy (non-hydrogen) atoms. The average Bonchev–Trinajstić information content (AvgIpc) is 2.70. The first-order valence-corrected chi connectivity index (χ1v) is 8.28. The van der Waals surface area contributed by atoms with Crippen molar-refractivity contribution in [2.24, 2.45) is 10.7 Å². The van der Waals surface area contributed by atoms with Crippen LogP contribution >= 0.6 is 0 Å². The number of hydrogen-bond donors (Lipinski definition) is 2. The molecular formula is C20H22N4O2. The Morgan fingerprint density at radius 2 is 1.88 bits per heavy atom. The molecule has 6 nitrogen and oxygen atoms in total. The first kappa shape index (κ1) is 17.5. The molecule has 3 rings (SSSR count). The summed E-state index contributed by atoms with van der Waals surface area (Å²) in [6.07, 6.45) is 1.80. The number of aliphatic imine (C=N–C) groups is 1. The Morgan fingerprint density at radius 3 is 2.69 bits per heavy atom. The summed E-state index contributed by atoms with van der Waals surface area (Å²) in [5.74, 6) is 1.76. The maximum atomic E-state index is 6.01. The number of ether oxygens (including phenoxy) is 2. The van der Waals surface area contributed by atoms with Crippen molar-refractivity contribution in [3.8, 4) is 11.5 Å². The number of hydrogen-bond acceptors (Lipinski definition) is 4. The Hall–Kier alpha value is -3.28. The molecule has 0 atom stereocenters. The molecule has 0 aliphatic rings. The minimum absolute atomic E-state index is 0.390. The topological polar surface area (TPSA) is 81.8 Å². The van der Waals surface area contributed by atoms with Gasteiger partial charge in [0.05, 0.1) is 26.3 Å². The van der Waals surface area contributed by atoms with Crippen molar-refractivity contribution in [1.29, 1.82) is 0 Å². The minimum Gasteiger partial charge on any atom is -0.493 e. The zero-order valence-corrected chi connectivity index (χ0v) is 14.9. The van der Waals surface area contributed by atoms with Crippen molar-refractivity contribution in [2.45, 2.75) is 13.1 Å². The Balaban J connectivity index is 1.65. The second-order valence-electron chi connectivity index (χ2n) is 5.73. The largest absolute Gasteiger partial charge is 0.493 e. The van der Waals surface area contributed by atoms with Crippen LogP contribution in [0.4, 0.5) is 0 Å². The van der Waals surface area contributed by atoms with Crippen molar-refractivity contribution < 1.29 is 9.47 Å². The van der Waals surface area contributed by atoms with Gasteiger partial charge in [-0.05, 0) is 35.4 Å². The molecule has 2 aromatic carbocycles. The van der Waals surface area contributed by atoms with Crippen molar-refractivity contribution >= 4 is 16.9 Å². The second-order valence-corrected chi connectivity index (χ2v) is 5.73. The monoisotopic (exact) mass is 350 g/mol. The highest BCUT2D eigenvalue weighted by Crippen LogP contribution is 2.27. The molecule has 6 heteroatoms. The second kappa shape index (κ2) is 8.20. The minimum atomic E-state index is 0.390. The van der Waals surface area contributed by atoms with Crippen molar-refractivity contribution in [2.75, 3.05) is 14.2 Å². The van der Waals surface area contributed by atoms with E-state index in [0.717, 1.165) is 22.0 Å². The molecule has 0 amide bonds. The Morgan fingerprint density at radius 1 is 1.08 bits per heavy atom. The highest BCUT2D eigenvalue weighted by atomic mass is 16.5. The molecule has 3 aromatic rings. The number of nitrogens with two attached hydrogens (primary N) is 1. The number of aromatic nitrogens is 1. The van der Waals surface area contributed by atoms with E-state index >= 15 is 0 Å². The molecule has 0 saturated carbocycles. The maximum absolute atomic E-state index is 6.01. The summed E-state index contributed by atoms with van der Waals surface area (Å²) >= 11 is 0. The van der Waals surface area contributed by atoms with Gasteiger partial charge in [-0.3, -0.25) is 4.98 Å². The first-order chi connectivity index (χ1) is 12.7. The Kier molecular flexibility index (Phi) is 5.53. The third kappa shape index (κ3) is 4.03. The SMILES string of the molecule is COc1ccc(CN=C(N)NCc2ccnc3ccccc23)cc1OC. The summed E-state index contributed by atoms with van der Waals surface area (Å²) in [5.41, 5.74) is 9.09. The highest BCUT2D eigenvalue weighted by molar-refractivity contribution is 5.83. The van der Waals surface area contributed by atoms with E-state index in [4.69, 9.17) is 15.2 Å². The predicted octanol–water partition coefficient (Wildman–Crippen LogP) is 2.86. The number of nitrogens with one attached hydrogen (secondary N) is 1. The number of nitrogens with zero attached hydrogens (tertiary/aromatic N) is 2. The van der Waals surface area contributed by atoms with E-state index in [0.29, 0.717) is 30.5 Å². The number of methoxy groups -OCH3 is 2. The zero-order valence-electron chi connectivity index (χ0n) is 14.9. The van der Waals surface area contributed by atoms with Gasteiger partial charge in [0.1, 0.15) is 0 Å². The zero-order chi connectivity index (χ0) is 18.4. The molecule has 0 spiro atoms. The van der Waals surface area contributed by atoms with Crippen molar-refractivity contribution in [3.05, 3.63) is 65.9 Å². The fourth-order valence-electron chi connectivity index (χ4n) is 2.71. The van der Waals surface area contributed by atoms with Gasteiger partial charge in [0.2, 0.25) is 0 Å². The molecule has 134 valence electrons. The molecule has 1 aromatic heterocycles. The summed E-state index contributed by atoms with van der Waals surface area (Å²) in [6.45, 7) is 1.04. The number of para-hydroxylation sites is 1. The molecule has 0 saturated heterocycles. The Labute approximate surface area is 152 Å². The molecule has 0 aliphatic carbocycles. The smallest absolute Gasteiger partial charge is 0.189 e. The fraction of sp³-hybridized carbons (Fsp3) is 0.200. The molecule has 1 heterocycles. The molecule has 0 fully saturated rings. The van der Waals surface area contributed by atoms with Gasteiger partial charge in [0.25, 0.3) is 0 Å². The molecule has 0 bridgehead atoms. The van der Waals surface area contributed by atoms with Gasteiger partial charge >= 0.3 is 0 Å². The van der Waals surface area contributed by atoms with E-state index < -0.39 is 0 Å². The quantitative estimate of drug-likeness (QED) is 0.528. The van der Waals surface area contributed by atoms with Gasteiger partial charge in [-0.15, -0.1) is 0 Å². The van der Waals surface area contributed by atoms with Crippen LogP contribution in [0.1, 0.15) is 11.1 Å². The van der Waals surface area contributed by atoms with E-state index in [9.17, 15) is 0 Å². The maximum Gasteiger partial charge on any atom is 0.189 e. The predicted molar refractivity (Wildman–Crippen MR) is 103 cm³/mol. The number of benzene rings is 2. The lowest BCUT2D eigenvalue weighted by Crippen LogP contribution is -2.31. The van der Waals surface area contributed by atoms with Gasteiger partial charge < -0.3 is 20.5 Å². The van der Waals surface area contributed by atoms with Crippen LogP contribution in [0.25, 0.3) is 10.9 Å². The van der Waals surface area contributed by atoms with E-state index in [1.807, 2.05) is 42.5 Å². The lowest BCUT2D eigenvalue weighted by Gasteiger charge is -2.10. The van der Waals surface area contributed by atoms with Crippen LogP contribution in [0, 0.1) is 0 Å². The number of rotatable bonds is 6. The van der Waals surface area contributed by atoms with Crippen LogP contribution in [0.5, 0.6) is 11.5 Å². The van der Waals surface area contributed by atoms with E-state index in [2.05, 4.69) is 21.4 Å². The Bertz CT molecular complexity index is 919. The highest BCUT2D eigenvalue weighted by Gasteiger charge is 2.05. The molecule has 3 N–H and O–H groups in total. The van der Waals surface area contributed by atoms with Crippen LogP contribution in [0.3, 0.4) is 0 Å². The van der Waals surface area contributed by atoms with Crippen molar-refractivity contribution in [1.82, 2.24) is 10.3 Å². The summed E-state index contributed by atoms with van der Waals surface area (Å²) in [7, 11) is 3.22. The van der Waals surface area contributed by atoms with E-state index in [-0.39, 0.29) is 0 Å². The van der Waals surface area contributed by atoms with Crippen LogP contribution in [-0.4, -0.2) is 25.2 Å². The van der Waals surface area contributed by atoms with Crippen LogP contribution < -0.4 is 20.5 Å². The molecular weight excluding hydrogens is 328 g/mol. The van der Waals surface area contributed by atoms with Gasteiger partial charge in [-0.25, -0.2) is 4.99 Å². The van der Waals surface area contributed by atoms with Gasteiger partial charge in [-0.2, -0.15) is 0 Å². The lowest BCUT2D eigenvalue weighted by atomic mass is 10.1. The van der Waals surface area contributed by atoms with Gasteiger partial charge in [-0.1, -0.05) is 24.3 Å². The van der Waals surface area contributed by atoms with E-state index in [1.165, 1.54) is 0 Å². The summed E-state index contributed by atoms with van der Waals surface area (Å²) < 4.78 is 10.5. The summed E-state index contributed by atoms with van der Waals surface area (Å²) in [6, 6.07) is 15.7. The average molecular weight is 350 g/mol. The molecule has 0 radical (unpaired) electrons. The van der Waals surface area contributed by atoms with Gasteiger partial charge in [0, 0.05) is 18.1 Å². The number of pyridine rings is 1. The van der Waals surface area contributed by atoms with Crippen LogP contribution in [0.2, 0.25) is 0 Å². The van der Waals surface area contributed by atoms with Gasteiger partial charge in [0.15, 0.2) is 17.5 Å². The van der Waals surface area contributed by atoms with Crippen LogP contribution in [0.15, 0.2) is 59.7 Å². The number of guanidine groups is 1. The first-order valence-electron chi connectivity index (χ1n) is 8.28. The van der Waals surface area contributed by atoms with E-state index in [1.54, 1.807) is 20.4 Å². The third-order valence-electron chi connectivity index (χ3n) is 4.08. The fourth-order valence-corrected chi connectivity index (χ4v) is 2.71. The molecule has 0 unspecified atom stereocenters. The standard InChI is InChI=1S/C20H22N4O2/c1-25-18-8-7-14(11-19(18)26-2)12-23-20(21)24-13-15-9-10-22-17-6-4-3-5-16(15)17/h3-11H,12-13H2,1-2H3,(H3,21,23,24). The third-order valence-corrected chi connectivity index (χ3v) is 4.08. The normalized spacial score (nSPS) is 11.4. The molecule has 0 aliphatic heterocycles. The van der Waals surface area contributed by atoms with Crippen molar-refractivity contribution in [3.63, 3.8) is 0 Å². The lowest BCUT2D eigenvalue weighted by molar-refractivity contribution is 0.354. The van der Waals surface area contributed by atoms with Crippen LogP contribution in [-0.2, 0) is 13.1 Å². The summed E-state index contributed by atoms with van der Waals surface area (Å²) in [5, 5.41) is 4.26. The number of fused-ring (bicyclic) bond motifs is 1. The summed E-state index contributed by atoms with van der Waals surface area (Å²) in [4.78, 5) is 8.76.